The highest BCUT2D eigenvalue weighted by atomic mass is 32.2. The molecule has 0 spiro atoms. The topological polar surface area (TPSA) is 84.9 Å². The van der Waals surface area contributed by atoms with E-state index < -0.39 is 15.9 Å². The van der Waals surface area contributed by atoms with Crippen LogP contribution in [0.15, 0.2) is 77.7 Å². The molecule has 0 fully saturated rings. The smallest absolute Gasteiger partial charge is 0.264 e. The van der Waals surface area contributed by atoms with E-state index >= 15 is 0 Å². The Morgan fingerprint density at radius 2 is 1.56 bits per heavy atom. The van der Waals surface area contributed by atoms with Crippen LogP contribution in [0.1, 0.15) is 11.1 Å². The minimum atomic E-state index is -3.93. The van der Waals surface area contributed by atoms with Gasteiger partial charge in [-0.2, -0.15) is 0 Å². The van der Waals surface area contributed by atoms with Gasteiger partial charge in [0.15, 0.2) is 11.5 Å². The van der Waals surface area contributed by atoms with Gasteiger partial charge in [0.1, 0.15) is 6.54 Å². The van der Waals surface area contributed by atoms with Crippen LogP contribution in [-0.4, -0.2) is 35.1 Å². The lowest BCUT2D eigenvalue weighted by atomic mass is 10.2. The summed E-state index contributed by atoms with van der Waals surface area (Å²) in [6, 6.07) is 20.4. The van der Waals surface area contributed by atoms with Crippen molar-refractivity contribution in [3.8, 4) is 11.5 Å². The van der Waals surface area contributed by atoms with E-state index in [9.17, 15) is 13.2 Å². The van der Waals surface area contributed by atoms with Crippen LogP contribution < -0.4 is 19.1 Å². The second-order valence-corrected chi connectivity index (χ2v) is 8.99. The van der Waals surface area contributed by atoms with E-state index in [0.717, 1.165) is 15.4 Å². The number of methoxy groups -OCH3 is 2. The molecule has 0 aromatic heterocycles. The first kappa shape index (κ1) is 23.1. The number of ether oxygens (including phenoxy) is 2. The quantitative estimate of drug-likeness (QED) is 0.535. The Labute approximate surface area is 188 Å². The number of carbonyl (C=O) groups excluding carboxylic acids is 1. The number of sulfonamides is 1. The summed E-state index contributed by atoms with van der Waals surface area (Å²) in [5, 5.41) is 2.78. The van der Waals surface area contributed by atoms with Gasteiger partial charge in [0.05, 0.1) is 24.8 Å². The molecule has 0 atom stereocenters. The van der Waals surface area contributed by atoms with Crippen LogP contribution in [0.25, 0.3) is 0 Å². The molecule has 7 nitrogen and oxygen atoms in total. The number of rotatable bonds is 9. The molecule has 0 unspecified atom stereocenters. The maximum absolute atomic E-state index is 13.3. The van der Waals surface area contributed by atoms with Crippen molar-refractivity contribution in [1.82, 2.24) is 5.32 Å². The van der Waals surface area contributed by atoms with E-state index in [1.54, 1.807) is 55.6 Å². The molecular formula is C24H26N2O5S. The Kier molecular flexibility index (Phi) is 7.37. The number of anilines is 1. The molecule has 1 N–H and O–H groups in total. The van der Waals surface area contributed by atoms with Gasteiger partial charge in [0.25, 0.3) is 10.0 Å². The van der Waals surface area contributed by atoms with Crippen molar-refractivity contribution in [3.05, 3.63) is 83.9 Å². The van der Waals surface area contributed by atoms with E-state index in [4.69, 9.17) is 9.47 Å². The zero-order valence-corrected chi connectivity index (χ0v) is 19.1. The summed E-state index contributed by atoms with van der Waals surface area (Å²) in [5.41, 5.74) is 2.20. The third kappa shape index (κ3) is 5.39. The number of carbonyl (C=O) groups is 1. The maximum Gasteiger partial charge on any atom is 0.264 e. The number of nitrogens with one attached hydrogen (secondary N) is 1. The zero-order valence-electron chi connectivity index (χ0n) is 18.2. The van der Waals surface area contributed by atoms with Gasteiger partial charge >= 0.3 is 0 Å². The van der Waals surface area contributed by atoms with Crippen molar-refractivity contribution in [2.75, 3.05) is 25.1 Å². The second kappa shape index (κ2) is 10.2. The van der Waals surface area contributed by atoms with Crippen molar-refractivity contribution in [3.63, 3.8) is 0 Å². The predicted molar refractivity (Wildman–Crippen MR) is 124 cm³/mol. The van der Waals surface area contributed by atoms with Crippen LogP contribution in [0.4, 0.5) is 5.69 Å². The molecule has 0 aliphatic carbocycles. The number of nitrogens with zero attached hydrogens (tertiary/aromatic N) is 1. The van der Waals surface area contributed by atoms with Gasteiger partial charge in [-0.25, -0.2) is 8.42 Å². The van der Waals surface area contributed by atoms with Gasteiger partial charge in [-0.15, -0.1) is 0 Å². The summed E-state index contributed by atoms with van der Waals surface area (Å²) in [6.07, 6.45) is 0. The van der Waals surface area contributed by atoms with Crippen LogP contribution >= 0.6 is 0 Å². The molecule has 0 heterocycles. The van der Waals surface area contributed by atoms with Gasteiger partial charge in [0.2, 0.25) is 5.91 Å². The Morgan fingerprint density at radius 1 is 0.906 bits per heavy atom. The molecule has 8 heteroatoms. The van der Waals surface area contributed by atoms with Crippen LogP contribution in [0, 0.1) is 6.92 Å². The first-order valence-electron chi connectivity index (χ1n) is 9.97. The number of hydrogen-bond acceptors (Lipinski definition) is 5. The maximum atomic E-state index is 13.3. The normalized spacial score (nSPS) is 11.0. The summed E-state index contributed by atoms with van der Waals surface area (Å²) >= 11 is 0. The van der Waals surface area contributed by atoms with Crippen molar-refractivity contribution in [2.45, 2.75) is 18.4 Å². The summed E-state index contributed by atoms with van der Waals surface area (Å²) in [6.45, 7) is 1.77. The van der Waals surface area contributed by atoms with E-state index in [1.165, 1.54) is 19.2 Å². The van der Waals surface area contributed by atoms with Crippen LogP contribution in [0.5, 0.6) is 11.5 Å². The molecule has 0 bridgehead atoms. The minimum Gasteiger partial charge on any atom is -0.493 e. The number of aryl methyl sites for hydroxylation is 1. The predicted octanol–water partition coefficient (Wildman–Crippen LogP) is 3.52. The Hall–Kier alpha value is -3.52. The Bertz CT molecular complexity index is 1160. The number of amides is 1. The summed E-state index contributed by atoms with van der Waals surface area (Å²) in [5.74, 6) is 0.703. The third-order valence-corrected chi connectivity index (χ3v) is 6.67. The highest BCUT2D eigenvalue weighted by Gasteiger charge is 2.27. The molecule has 0 radical (unpaired) electrons. The molecule has 3 aromatic rings. The Morgan fingerprint density at radius 3 is 2.19 bits per heavy atom. The highest BCUT2D eigenvalue weighted by molar-refractivity contribution is 7.92. The third-order valence-electron chi connectivity index (χ3n) is 4.88. The fourth-order valence-corrected chi connectivity index (χ4v) is 4.57. The summed E-state index contributed by atoms with van der Waals surface area (Å²) in [7, 11) is -0.845. The molecule has 168 valence electrons. The molecule has 0 aliphatic heterocycles. The second-order valence-electron chi connectivity index (χ2n) is 7.13. The van der Waals surface area contributed by atoms with Crippen LogP contribution in [0.3, 0.4) is 0 Å². The first-order chi connectivity index (χ1) is 15.3. The zero-order chi connectivity index (χ0) is 23.1. The fraction of sp³-hybridized carbons (Fsp3) is 0.208. The molecule has 32 heavy (non-hydrogen) atoms. The lowest BCUT2D eigenvalue weighted by molar-refractivity contribution is -0.119. The molecule has 3 aromatic carbocycles. The molecule has 0 aliphatic rings. The number of hydrogen-bond donors (Lipinski definition) is 1. The molecule has 0 saturated heterocycles. The average Bonchev–Trinajstić information content (AvgIpc) is 2.82. The summed E-state index contributed by atoms with van der Waals surface area (Å²) < 4.78 is 38.2. The van der Waals surface area contributed by atoms with E-state index in [2.05, 4.69) is 5.32 Å². The van der Waals surface area contributed by atoms with Gasteiger partial charge in [-0.1, -0.05) is 42.0 Å². The van der Waals surface area contributed by atoms with Crippen LogP contribution in [0.2, 0.25) is 0 Å². The van der Waals surface area contributed by atoms with Gasteiger partial charge in [-0.3, -0.25) is 9.10 Å². The molecular weight excluding hydrogens is 428 g/mol. The van der Waals surface area contributed by atoms with Gasteiger partial charge < -0.3 is 14.8 Å². The highest BCUT2D eigenvalue weighted by Crippen LogP contribution is 2.27. The largest absolute Gasteiger partial charge is 0.493 e. The lowest BCUT2D eigenvalue weighted by Crippen LogP contribution is -2.40. The van der Waals surface area contributed by atoms with Gasteiger partial charge in [-0.05, 0) is 48.9 Å². The SMILES string of the molecule is COc1ccc(CNC(=O)CN(c2ccc(C)cc2)S(=O)(=O)c2ccccc2)cc1OC. The van der Waals surface area contributed by atoms with Crippen molar-refractivity contribution < 1.29 is 22.7 Å². The van der Waals surface area contributed by atoms with E-state index in [0.29, 0.717) is 17.2 Å². The first-order valence-corrected chi connectivity index (χ1v) is 11.4. The van der Waals surface area contributed by atoms with Gasteiger partial charge in [0, 0.05) is 6.54 Å². The molecule has 1 amide bonds. The summed E-state index contributed by atoms with van der Waals surface area (Å²) in [4.78, 5) is 12.9. The Balaban J connectivity index is 1.80. The number of benzene rings is 3. The van der Waals surface area contributed by atoms with Crippen molar-refractivity contribution in [1.29, 1.82) is 0 Å². The van der Waals surface area contributed by atoms with Crippen molar-refractivity contribution >= 4 is 21.6 Å². The molecule has 0 saturated carbocycles. The fourth-order valence-electron chi connectivity index (χ4n) is 3.12. The monoisotopic (exact) mass is 454 g/mol. The average molecular weight is 455 g/mol. The minimum absolute atomic E-state index is 0.119. The lowest BCUT2D eigenvalue weighted by Gasteiger charge is -2.24. The van der Waals surface area contributed by atoms with Crippen molar-refractivity contribution in [2.24, 2.45) is 0 Å². The van der Waals surface area contributed by atoms with Crippen LogP contribution in [-0.2, 0) is 21.4 Å². The van der Waals surface area contributed by atoms with E-state index in [-0.39, 0.29) is 18.0 Å². The van der Waals surface area contributed by atoms with E-state index in [1.807, 2.05) is 19.1 Å². The molecule has 3 rings (SSSR count). The standard InChI is InChI=1S/C24H26N2O5S/c1-18-9-12-20(13-10-18)26(32(28,29)21-7-5-4-6-8-21)17-24(27)25-16-19-11-14-22(30-2)23(15-19)31-3/h4-15H,16-17H2,1-3H3,(H,25,27).